The summed E-state index contributed by atoms with van der Waals surface area (Å²) in [5, 5.41) is 11.4. The number of halogens is 2. The van der Waals surface area contributed by atoms with Crippen LogP contribution in [-0.4, -0.2) is 41.0 Å². The maximum atomic E-state index is 13.6. The summed E-state index contributed by atoms with van der Waals surface area (Å²) >= 11 is 0. The lowest BCUT2D eigenvalue weighted by Crippen LogP contribution is -2.52. The van der Waals surface area contributed by atoms with Gasteiger partial charge in [0.25, 0.3) is 5.92 Å². The standard InChI is InChI=1S/C15H18F2N2O3/c1-10-6-7-19(9-15(10,16)17)14(22)18-8-11-2-4-12(5-3-11)13(20)21/h2-5,10H,6-9H2,1H3,(H,18,22)(H,20,21). The fourth-order valence-corrected chi connectivity index (χ4v) is 2.28. The number of hydrogen-bond donors (Lipinski definition) is 2. The highest BCUT2D eigenvalue weighted by Crippen LogP contribution is 2.32. The lowest BCUT2D eigenvalue weighted by Gasteiger charge is -2.36. The number of aromatic carboxylic acids is 1. The zero-order valence-corrected chi connectivity index (χ0v) is 12.2. The van der Waals surface area contributed by atoms with Crippen molar-refractivity contribution in [2.75, 3.05) is 13.1 Å². The Labute approximate surface area is 126 Å². The Morgan fingerprint density at radius 2 is 2.00 bits per heavy atom. The van der Waals surface area contributed by atoms with E-state index < -0.39 is 30.4 Å². The number of carboxylic acid groups (broad SMARTS) is 1. The monoisotopic (exact) mass is 312 g/mol. The number of nitrogens with zero attached hydrogens (tertiary/aromatic N) is 1. The maximum absolute atomic E-state index is 13.6. The van der Waals surface area contributed by atoms with Crippen LogP contribution in [0.2, 0.25) is 0 Å². The Kier molecular flexibility index (Phi) is 4.63. The molecule has 2 N–H and O–H groups in total. The Morgan fingerprint density at radius 3 is 2.55 bits per heavy atom. The average Bonchev–Trinajstić information content (AvgIpc) is 2.48. The minimum atomic E-state index is -2.86. The van der Waals surface area contributed by atoms with Crippen molar-refractivity contribution in [3.05, 3.63) is 35.4 Å². The van der Waals surface area contributed by atoms with E-state index in [2.05, 4.69) is 5.32 Å². The van der Waals surface area contributed by atoms with Gasteiger partial charge in [-0.3, -0.25) is 0 Å². The largest absolute Gasteiger partial charge is 0.478 e. The van der Waals surface area contributed by atoms with Crippen molar-refractivity contribution in [2.45, 2.75) is 25.8 Å². The quantitative estimate of drug-likeness (QED) is 0.901. The molecular weight excluding hydrogens is 294 g/mol. The molecular formula is C15H18F2N2O3. The van der Waals surface area contributed by atoms with Crippen LogP contribution in [0.4, 0.5) is 13.6 Å². The van der Waals surface area contributed by atoms with Crippen molar-refractivity contribution in [1.29, 1.82) is 0 Å². The number of carbonyl (C=O) groups is 2. The molecule has 0 radical (unpaired) electrons. The molecule has 1 aromatic rings. The SMILES string of the molecule is CC1CCN(C(=O)NCc2ccc(C(=O)O)cc2)CC1(F)F. The molecule has 2 rings (SSSR count). The molecule has 0 spiro atoms. The zero-order chi connectivity index (χ0) is 16.3. The van der Waals surface area contributed by atoms with E-state index in [4.69, 9.17) is 5.11 Å². The molecule has 0 aliphatic carbocycles. The number of alkyl halides is 2. The number of hydrogen-bond acceptors (Lipinski definition) is 2. The van der Waals surface area contributed by atoms with Crippen LogP contribution in [0.25, 0.3) is 0 Å². The lowest BCUT2D eigenvalue weighted by molar-refractivity contribution is -0.0937. The summed E-state index contributed by atoms with van der Waals surface area (Å²) in [4.78, 5) is 23.8. The smallest absolute Gasteiger partial charge is 0.335 e. The number of rotatable bonds is 3. The van der Waals surface area contributed by atoms with Crippen LogP contribution in [0.1, 0.15) is 29.3 Å². The van der Waals surface area contributed by atoms with Gasteiger partial charge in [0.15, 0.2) is 0 Å². The van der Waals surface area contributed by atoms with Crippen LogP contribution < -0.4 is 5.32 Å². The molecule has 1 heterocycles. The second kappa shape index (κ2) is 6.29. The third-order valence-electron chi connectivity index (χ3n) is 3.89. The normalized spacial score (nSPS) is 20.5. The van der Waals surface area contributed by atoms with E-state index >= 15 is 0 Å². The first kappa shape index (κ1) is 16.2. The van der Waals surface area contributed by atoms with Crippen LogP contribution in [0.3, 0.4) is 0 Å². The highest BCUT2D eigenvalue weighted by molar-refractivity contribution is 5.87. The molecule has 22 heavy (non-hydrogen) atoms. The number of carbonyl (C=O) groups excluding carboxylic acids is 1. The van der Waals surface area contributed by atoms with Gasteiger partial charge < -0.3 is 15.3 Å². The number of benzene rings is 1. The maximum Gasteiger partial charge on any atom is 0.335 e. The average molecular weight is 312 g/mol. The Balaban J connectivity index is 1.89. The summed E-state index contributed by atoms with van der Waals surface area (Å²) in [7, 11) is 0. The zero-order valence-electron chi connectivity index (χ0n) is 12.2. The van der Waals surface area contributed by atoms with Gasteiger partial charge in [-0.25, -0.2) is 18.4 Å². The molecule has 1 unspecified atom stereocenters. The van der Waals surface area contributed by atoms with Crippen LogP contribution in [0, 0.1) is 5.92 Å². The molecule has 1 fully saturated rings. The van der Waals surface area contributed by atoms with Crippen molar-refractivity contribution in [2.24, 2.45) is 5.92 Å². The first-order valence-corrected chi connectivity index (χ1v) is 7.02. The predicted molar refractivity (Wildman–Crippen MR) is 75.9 cm³/mol. The van der Waals surface area contributed by atoms with Crippen LogP contribution in [0.5, 0.6) is 0 Å². The number of carboxylic acids is 1. The van der Waals surface area contributed by atoms with Gasteiger partial charge in [-0.2, -0.15) is 0 Å². The first-order valence-electron chi connectivity index (χ1n) is 7.02. The van der Waals surface area contributed by atoms with Crippen LogP contribution in [-0.2, 0) is 6.54 Å². The fourth-order valence-electron chi connectivity index (χ4n) is 2.28. The molecule has 5 nitrogen and oxygen atoms in total. The van der Waals surface area contributed by atoms with E-state index in [1.54, 1.807) is 12.1 Å². The third-order valence-corrected chi connectivity index (χ3v) is 3.89. The number of likely N-dealkylation sites (tertiary alicyclic amines) is 1. The second-order valence-corrected chi connectivity index (χ2v) is 5.53. The molecule has 0 bridgehead atoms. The Hall–Kier alpha value is -2.18. The van der Waals surface area contributed by atoms with E-state index in [9.17, 15) is 18.4 Å². The van der Waals surface area contributed by atoms with E-state index in [1.807, 2.05) is 0 Å². The van der Waals surface area contributed by atoms with Gasteiger partial charge in [-0.05, 0) is 24.1 Å². The topological polar surface area (TPSA) is 69.6 Å². The van der Waals surface area contributed by atoms with Crippen LogP contribution >= 0.6 is 0 Å². The van der Waals surface area contributed by atoms with Crippen molar-refractivity contribution >= 4 is 12.0 Å². The molecule has 120 valence electrons. The van der Waals surface area contributed by atoms with Crippen LogP contribution in [0.15, 0.2) is 24.3 Å². The molecule has 0 saturated carbocycles. The minimum absolute atomic E-state index is 0.153. The fraction of sp³-hybridized carbons (Fsp3) is 0.467. The molecule has 0 aromatic heterocycles. The first-order chi connectivity index (χ1) is 10.3. The molecule has 1 atom stereocenters. The third kappa shape index (κ3) is 3.72. The van der Waals surface area contributed by atoms with Gasteiger partial charge in [0.2, 0.25) is 0 Å². The lowest BCUT2D eigenvalue weighted by atomic mass is 9.95. The number of nitrogens with one attached hydrogen (secondary N) is 1. The van der Waals surface area contributed by atoms with Gasteiger partial charge in [0, 0.05) is 19.0 Å². The summed E-state index contributed by atoms with van der Waals surface area (Å²) in [5.74, 6) is -4.61. The molecule has 1 saturated heterocycles. The second-order valence-electron chi connectivity index (χ2n) is 5.53. The summed E-state index contributed by atoms with van der Waals surface area (Å²) in [6, 6.07) is 5.49. The van der Waals surface area contributed by atoms with Gasteiger partial charge in [0.05, 0.1) is 12.1 Å². The summed E-state index contributed by atoms with van der Waals surface area (Å²) in [6.07, 6.45) is 0.272. The van der Waals surface area contributed by atoms with Crippen molar-refractivity contribution in [3.8, 4) is 0 Å². The van der Waals surface area contributed by atoms with E-state index in [-0.39, 0.29) is 18.5 Å². The highest BCUT2D eigenvalue weighted by Gasteiger charge is 2.43. The van der Waals surface area contributed by atoms with Crippen molar-refractivity contribution in [3.63, 3.8) is 0 Å². The van der Waals surface area contributed by atoms with Crippen molar-refractivity contribution in [1.82, 2.24) is 10.2 Å². The Bertz CT molecular complexity index is 560. The number of piperidine rings is 1. The summed E-state index contributed by atoms with van der Waals surface area (Å²) in [5.41, 5.74) is 0.857. The van der Waals surface area contributed by atoms with Gasteiger partial charge >= 0.3 is 12.0 Å². The van der Waals surface area contributed by atoms with E-state index in [0.29, 0.717) is 12.1 Å². The van der Waals surface area contributed by atoms with Crippen molar-refractivity contribution < 1.29 is 23.5 Å². The summed E-state index contributed by atoms with van der Waals surface area (Å²) in [6.45, 7) is 1.38. The number of urea groups is 1. The predicted octanol–water partition coefficient (Wildman–Crippen LogP) is 2.57. The molecule has 1 aliphatic heterocycles. The van der Waals surface area contributed by atoms with Gasteiger partial charge in [-0.1, -0.05) is 19.1 Å². The highest BCUT2D eigenvalue weighted by atomic mass is 19.3. The molecule has 1 aliphatic rings. The van der Waals surface area contributed by atoms with E-state index in [0.717, 1.165) is 4.90 Å². The van der Waals surface area contributed by atoms with Gasteiger partial charge in [-0.15, -0.1) is 0 Å². The number of amides is 2. The summed E-state index contributed by atoms with van der Waals surface area (Å²) < 4.78 is 27.2. The van der Waals surface area contributed by atoms with E-state index in [1.165, 1.54) is 19.1 Å². The molecule has 1 aromatic carbocycles. The molecule has 2 amide bonds. The molecule has 7 heteroatoms. The minimum Gasteiger partial charge on any atom is -0.478 e. The van der Waals surface area contributed by atoms with Gasteiger partial charge in [0.1, 0.15) is 0 Å². The Morgan fingerprint density at radius 1 is 1.36 bits per heavy atom.